The van der Waals surface area contributed by atoms with Gasteiger partial charge in [-0.25, -0.2) is 4.79 Å². The average molecular weight is 221 g/mol. The highest BCUT2D eigenvalue weighted by molar-refractivity contribution is 7.32. The van der Waals surface area contributed by atoms with Gasteiger partial charge in [-0.1, -0.05) is 0 Å². The van der Waals surface area contributed by atoms with Crippen LogP contribution in [0.4, 0.5) is 0 Å². The quantitative estimate of drug-likeness (QED) is 0.443. The minimum absolute atomic E-state index is 0.386. The zero-order valence-corrected chi connectivity index (χ0v) is 9.50. The lowest BCUT2D eigenvalue weighted by atomic mass is 10.1. The fourth-order valence-electron chi connectivity index (χ4n) is 0.833. The summed E-state index contributed by atoms with van der Waals surface area (Å²) in [5, 5.41) is 0. The Morgan fingerprint density at radius 2 is 1.93 bits per heavy atom. The summed E-state index contributed by atoms with van der Waals surface area (Å²) in [4.78, 5) is 19.6. The number of methoxy groups -OCH3 is 1. The molecule has 0 rings (SSSR count). The molecule has 0 aliphatic heterocycles. The summed E-state index contributed by atoms with van der Waals surface area (Å²) >= 11 is 0. The maximum Gasteiger partial charge on any atom is 0.695 e. The Morgan fingerprint density at radius 3 is 2.29 bits per heavy atom. The van der Waals surface area contributed by atoms with Gasteiger partial charge in [0.05, 0.1) is 7.11 Å². The van der Waals surface area contributed by atoms with Crippen LogP contribution in [0, 0.1) is 0 Å². The van der Waals surface area contributed by atoms with Gasteiger partial charge in [0, 0.05) is 10.1 Å². The van der Waals surface area contributed by atoms with Crippen LogP contribution in [0.3, 0.4) is 0 Å². The monoisotopic (exact) mass is 221 g/mol. The summed E-state index contributed by atoms with van der Waals surface area (Å²) in [7, 11) is -1.38. The Hall–Kier alpha value is -0.770. The van der Waals surface area contributed by atoms with Crippen LogP contribution in [0.1, 0.15) is 20.8 Å². The van der Waals surface area contributed by atoms with Crippen molar-refractivity contribution in [3.63, 3.8) is 0 Å². The van der Waals surface area contributed by atoms with Gasteiger partial charge in [-0.3, -0.25) is 0 Å². The molecule has 80 valence electrons. The van der Waals surface area contributed by atoms with Crippen molar-refractivity contribution in [3.05, 3.63) is 11.1 Å². The fourth-order valence-corrected chi connectivity index (χ4v) is 1.26. The Bertz CT molecular complexity index is 271. The van der Waals surface area contributed by atoms with Gasteiger partial charge >= 0.3 is 14.2 Å². The van der Waals surface area contributed by atoms with Crippen molar-refractivity contribution in [1.82, 2.24) is 0 Å². The fraction of sp³-hybridized carbons (Fsp3) is 0.625. The third-order valence-corrected chi connectivity index (χ3v) is 2.44. The normalized spacial score (nSPS) is 15.6. The van der Waals surface area contributed by atoms with Gasteiger partial charge in [0.1, 0.15) is 6.10 Å². The van der Waals surface area contributed by atoms with Crippen molar-refractivity contribution >= 4 is 14.2 Å². The van der Waals surface area contributed by atoms with E-state index in [1.807, 2.05) is 0 Å². The van der Waals surface area contributed by atoms with Crippen molar-refractivity contribution < 1.29 is 23.5 Å². The van der Waals surface area contributed by atoms with E-state index in [1.165, 1.54) is 7.11 Å². The van der Waals surface area contributed by atoms with Gasteiger partial charge in [0.25, 0.3) is 0 Å². The highest BCUT2D eigenvalue weighted by Gasteiger charge is 2.22. The molecule has 0 aliphatic carbocycles. The molecule has 0 saturated heterocycles. The lowest BCUT2D eigenvalue weighted by molar-refractivity contribution is -0.136. The van der Waals surface area contributed by atoms with Gasteiger partial charge in [-0.15, -0.1) is 9.42 Å². The molecule has 2 unspecified atom stereocenters. The summed E-state index contributed by atoms with van der Waals surface area (Å²) in [6.45, 7) is 4.81. The molecule has 0 bridgehead atoms. The van der Waals surface area contributed by atoms with Crippen LogP contribution in [0.25, 0.3) is 0 Å². The Balaban J connectivity index is 4.63. The average Bonchev–Trinajstić information content (AvgIpc) is 2.13. The van der Waals surface area contributed by atoms with Crippen molar-refractivity contribution in [1.29, 1.82) is 0 Å². The predicted octanol–water partition coefficient (Wildman–Crippen LogP) is 1.55. The summed E-state index contributed by atoms with van der Waals surface area (Å²) in [6.07, 6.45) is -0.581. The molecule has 0 aromatic rings. The van der Waals surface area contributed by atoms with Crippen LogP contribution in [-0.4, -0.2) is 24.1 Å². The molecule has 0 aromatic carbocycles. The molecule has 0 amide bonds. The summed E-state index contributed by atoms with van der Waals surface area (Å²) in [6, 6.07) is 0. The van der Waals surface area contributed by atoms with Crippen LogP contribution in [0.2, 0.25) is 0 Å². The molecule has 5 nitrogen and oxygen atoms in total. The minimum atomic E-state index is -2.66. The largest absolute Gasteiger partial charge is 0.695 e. The number of carbonyl (C=O) groups excluding carboxylic acids is 1. The molecule has 0 aliphatic rings. The zero-order chi connectivity index (χ0) is 11.3. The van der Waals surface area contributed by atoms with E-state index in [0.29, 0.717) is 11.1 Å². The van der Waals surface area contributed by atoms with Gasteiger partial charge in [-0.05, 0) is 26.3 Å². The van der Waals surface area contributed by atoms with Gasteiger partial charge in [-0.2, -0.15) is 0 Å². The molecule has 6 heteroatoms. The first-order valence-electron chi connectivity index (χ1n) is 3.98. The van der Waals surface area contributed by atoms with Crippen LogP contribution in [-0.2, 0) is 18.6 Å². The first-order valence-corrected chi connectivity index (χ1v) is 5.11. The highest BCUT2D eigenvalue weighted by atomic mass is 31.1. The number of ether oxygens (including phenoxy) is 1. The third-order valence-electron chi connectivity index (χ3n) is 1.94. The van der Waals surface area contributed by atoms with Gasteiger partial charge in [0.15, 0.2) is 0 Å². The number of hydrogen-bond acceptors (Lipinski definition) is 4. The Kier molecular flexibility index (Phi) is 5.53. The number of rotatable bonds is 4. The second-order valence-electron chi connectivity index (χ2n) is 2.79. The second-order valence-corrected chi connectivity index (χ2v) is 3.47. The van der Waals surface area contributed by atoms with Crippen LogP contribution >= 0.6 is 8.25 Å². The van der Waals surface area contributed by atoms with E-state index in [9.17, 15) is 9.36 Å². The van der Waals surface area contributed by atoms with Crippen molar-refractivity contribution in [2.24, 2.45) is 0 Å². The van der Waals surface area contributed by atoms with Crippen molar-refractivity contribution in [2.75, 3.05) is 7.11 Å². The smallest absolute Gasteiger partial charge is 0.466 e. The second kappa shape index (κ2) is 5.86. The Morgan fingerprint density at radius 1 is 1.43 bits per heavy atom. The highest BCUT2D eigenvalue weighted by Crippen LogP contribution is 2.23. The summed E-state index contributed by atoms with van der Waals surface area (Å²) in [5.41, 5.74) is 0.964. The first kappa shape index (κ1) is 13.2. The number of hydrogen-bond donors (Lipinski definition) is 1. The van der Waals surface area contributed by atoms with E-state index < -0.39 is 20.3 Å². The summed E-state index contributed by atoms with van der Waals surface area (Å²) < 4.78 is 19.5. The lowest BCUT2D eigenvalue weighted by Crippen LogP contribution is -2.12. The van der Waals surface area contributed by atoms with Crippen LogP contribution in [0.15, 0.2) is 11.1 Å². The van der Waals surface area contributed by atoms with Crippen LogP contribution in [0.5, 0.6) is 0 Å². The molecule has 0 radical (unpaired) electrons. The first-order chi connectivity index (χ1) is 6.40. The van der Waals surface area contributed by atoms with Gasteiger partial charge in [0.2, 0.25) is 0 Å². The predicted molar refractivity (Wildman–Crippen MR) is 50.8 cm³/mol. The van der Waals surface area contributed by atoms with Crippen molar-refractivity contribution in [3.8, 4) is 0 Å². The third kappa shape index (κ3) is 3.96. The molecule has 0 aromatic heterocycles. The molecule has 2 atom stereocenters. The van der Waals surface area contributed by atoms with E-state index >= 15 is 0 Å². The molecule has 0 saturated carbocycles. The maximum atomic E-state index is 11.1. The van der Waals surface area contributed by atoms with E-state index in [-0.39, 0.29) is 0 Å². The zero-order valence-electron chi connectivity index (χ0n) is 8.60. The molecular formula is C8H14O5P+. The van der Waals surface area contributed by atoms with Crippen molar-refractivity contribution in [2.45, 2.75) is 26.9 Å². The minimum Gasteiger partial charge on any atom is -0.466 e. The molecule has 1 N–H and O–H groups in total. The Labute approximate surface area is 83.7 Å². The lowest BCUT2D eigenvalue weighted by Gasteiger charge is -2.08. The molecule has 14 heavy (non-hydrogen) atoms. The van der Waals surface area contributed by atoms with E-state index in [4.69, 9.17) is 4.89 Å². The maximum absolute atomic E-state index is 11.1. The SMILES string of the molecule is COC(=O)C(C)=C(C)C(C)O[P+](=O)O. The molecule has 0 fully saturated rings. The van der Waals surface area contributed by atoms with E-state index in [0.717, 1.165) is 0 Å². The topological polar surface area (TPSA) is 72.8 Å². The number of esters is 1. The van der Waals surface area contributed by atoms with Crippen LogP contribution < -0.4 is 0 Å². The summed E-state index contributed by atoms with van der Waals surface area (Å²) in [5.74, 6) is -0.467. The van der Waals surface area contributed by atoms with E-state index in [2.05, 4.69) is 9.26 Å². The van der Waals surface area contributed by atoms with E-state index in [1.54, 1.807) is 20.8 Å². The van der Waals surface area contributed by atoms with Gasteiger partial charge < -0.3 is 4.74 Å². The molecular weight excluding hydrogens is 207 g/mol. The molecule has 0 spiro atoms. The standard InChI is InChI=1S/C8H13O5P/c1-5(6(2)8(9)12-4)7(3)13-14(10)11/h7H,1-4H3/p+1. The number of carbonyl (C=O) groups is 1. The molecule has 0 heterocycles.